The van der Waals surface area contributed by atoms with E-state index < -0.39 is 0 Å². The zero-order valence-corrected chi connectivity index (χ0v) is 9.87. The van der Waals surface area contributed by atoms with Crippen molar-refractivity contribution in [3.05, 3.63) is 0 Å². The van der Waals surface area contributed by atoms with Gasteiger partial charge in [-0.3, -0.25) is 9.63 Å². The van der Waals surface area contributed by atoms with Crippen molar-refractivity contribution in [1.82, 2.24) is 10.4 Å². The number of ether oxygens (including phenoxy) is 1. The molecule has 1 N–H and O–H groups in total. The molecule has 0 aromatic carbocycles. The summed E-state index contributed by atoms with van der Waals surface area (Å²) in [5, 5.41) is 4.91. The second-order valence-corrected chi connectivity index (χ2v) is 4.62. The highest BCUT2D eigenvalue weighted by Crippen LogP contribution is 2.12. The van der Waals surface area contributed by atoms with Crippen molar-refractivity contribution in [2.45, 2.75) is 32.4 Å². The Morgan fingerprint density at radius 1 is 1.47 bits per heavy atom. The summed E-state index contributed by atoms with van der Waals surface area (Å²) in [7, 11) is 1.40. The number of piperazine rings is 1. The Bertz CT molecular complexity index is 225. The van der Waals surface area contributed by atoms with Crippen LogP contribution in [-0.4, -0.2) is 49.4 Å². The number of esters is 1. The third kappa shape index (κ3) is 4.15. The Morgan fingerprint density at radius 3 is 2.67 bits per heavy atom. The fraction of sp³-hybridized carbons (Fsp3) is 0.900. The molecule has 0 aromatic rings. The Morgan fingerprint density at radius 2 is 2.13 bits per heavy atom. The molecule has 1 heterocycles. The zero-order chi connectivity index (χ0) is 11.5. The number of methoxy groups -OCH3 is 1. The van der Waals surface area contributed by atoms with Gasteiger partial charge in [-0.15, -0.1) is 0 Å². The van der Waals surface area contributed by atoms with Gasteiger partial charge in [-0.2, -0.15) is 5.06 Å². The topological polar surface area (TPSA) is 50.8 Å². The van der Waals surface area contributed by atoms with Crippen LogP contribution in [0.15, 0.2) is 0 Å². The molecular formula is C10H20N2O3. The molecule has 0 radical (unpaired) electrons. The number of hydrogen-bond acceptors (Lipinski definition) is 5. The number of rotatable bonds is 2. The molecule has 1 atom stereocenters. The first kappa shape index (κ1) is 12.4. The molecule has 1 rings (SSSR count). The Balaban J connectivity index is 2.46. The molecule has 15 heavy (non-hydrogen) atoms. The minimum absolute atomic E-state index is 0.224. The third-order valence-corrected chi connectivity index (χ3v) is 2.03. The normalized spacial score (nSPS) is 23.9. The van der Waals surface area contributed by atoms with E-state index in [4.69, 9.17) is 4.84 Å². The molecule has 5 heteroatoms. The lowest BCUT2D eigenvalue weighted by Crippen LogP contribution is -2.55. The maximum absolute atomic E-state index is 11.3. The van der Waals surface area contributed by atoms with Crippen molar-refractivity contribution in [3.63, 3.8) is 0 Å². The number of carbonyl (C=O) groups is 1. The van der Waals surface area contributed by atoms with Crippen LogP contribution in [0.1, 0.15) is 20.8 Å². The minimum Gasteiger partial charge on any atom is -0.468 e. The second kappa shape index (κ2) is 4.92. The standard InChI is InChI=1S/C10H20N2O3/c1-10(2,3)15-12-6-5-11-8(7-12)9(13)14-4/h8,11H,5-7H2,1-4H3/t8-/m1/s1. The molecule has 0 aromatic heterocycles. The first-order chi connectivity index (χ1) is 6.92. The highest BCUT2D eigenvalue weighted by Gasteiger charge is 2.28. The van der Waals surface area contributed by atoms with Gasteiger partial charge in [-0.05, 0) is 20.8 Å². The van der Waals surface area contributed by atoms with Crippen molar-refractivity contribution >= 4 is 5.97 Å². The van der Waals surface area contributed by atoms with Crippen molar-refractivity contribution in [2.24, 2.45) is 0 Å². The zero-order valence-electron chi connectivity index (χ0n) is 9.87. The third-order valence-electron chi connectivity index (χ3n) is 2.03. The summed E-state index contributed by atoms with van der Waals surface area (Å²) in [6, 6.07) is -0.286. The van der Waals surface area contributed by atoms with Gasteiger partial charge in [0.15, 0.2) is 0 Å². The van der Waals surface area contributed by atoms with Gasteiger partial charge in [0.05, 0.1) is 19.3 Å². The van der Waals surface area contributed by atoms with E-state index in [1.165, 1.54) is 7.11 Å². The van der Waals surface area contributed by atoms with Crippen LogP contribution in [0.5, 0.6) is 0 Å². The summed E-state index contributed by atoms with van der Waals surface area (Å²) in [5.41, 5.74) is -0.224. The summed E-state index contributed by atoms with van der Waals surface area (Å²) >= 11 is 0. The number of hydroxylamine groups is 2. The largest absolute Gasteiger partial charge is 0.468 e. The van der Waals surface area contributed by atoms with Crippen molar-refractivity contribution in [3.8, 4) is 0 Å². The number of nitrogens with one attached hydrogen (secondary N) is 1. The van der Waals surface area contributed by atoms with Crippen LogP contribution in [0.4, 0.5) is 0 Å². The highest BCUT2D eigenvalue weighted by molar-refractivity contribution is 5.76. The Kier molecular flexibility index (Phi) is 4.07. The summed E-state index contributed by atoms with van der Waals surface area (Å²) in [6.07, 6.45) is 0. The SMILES string of the molecule is COC(=O)[C@H]1CN(OC(C)(C)C)CCN1. The van der Waals surface area contributed by atoms with Gasteiger partial charge < -0.3 is 10.1 Å². The van der Waals surface area contributed by atoms with Gasteiger partial charge in [0.2, 0.25) is 0 Å². The predicted molar refractivity (Wildman–Crippen MR) is 56.2 cm³/mol. The molecule has 1 fully saturated rings. The summed E-state index contributed by atoms with van der Waals surface area (Å²) in [5.74, 6) is -0.239. The lowest BCUT2D eigenvalue weighted by Gasteiger charge is -2.35. The highest BCUT2D eigenvalue weighted by atomic mass is 16.7. The maximum atomic E-state index is 11.3. The molecule has 0 aliphatic carbocycles. The average molecular weight is 216 g/mol. The van der Waals surface area contributed by atoms with E-state index >= 15 is 0 Å². The van der Waals surface area contributed by atoms with E-state index in [1.807, 2.05) is 25.8 Å². The van der Waals surface area contributed by atoms with E-state index in [0.29, 0.717) is 6.54 Å². The van der Waals surface area contributed by atoms with Crippen LogP contribution < -0.4 is 5.32 Å². The summed E-state index contributed by atoms with van der Waals surface area (Å²) in [4.78, 5) is 17.0. The van der Waals surface area contributed by atoms with E-state index in [-0.39, 0.29) is 17.6 Å². The van der Waals surface area contributed by atoms with Crippen LogP contribution >= 0.6 is 0 Å². The first-order valence-corrected chi connectivity index (χ1v) is 5.17. The molecule has 0 spiro atoms. The van der Waals surface area contributed by atoms with Crippen LogP contribution in [0.2, 0.25) is 0 Å². The van der Waals surface area contributed by atoms with E-state index in [0.717, 1.165) is 13.1 Å². The predicted octanol–water partition coefficient (Wildman–Crippen LogP) is 0.163. The minimum atomic E-state index is -0.286. The summed E-state index contributed by atoms with van der Waals surface area (Å²) in [6.45, 7) is 8.01. The van der Waals surface area contributed by atoms with Gasteiger partial charge >= 0.3 is 5.97 Å². The molecule has 88 valence electrons. The first-order valence-electron chi connectivity index (χ1n) is 5.17. The maximum Gasteiger partial charge on any atom is 0.324 e. The van der Waals surface area contributed by atoms with Crippen molar-refractivity contribution in [2.75, 3.05) is 26.7 Å². The Hall–Kier alpha value is -0.650. The average Bonchev–Trinajstić information content (AvgIpc) is 2.14. The second-order valence-electron chi connectivity index (χ2n) is 4.62. The smallest absolute Gasteiger partial charge is 0.324 e. The molecule has 0 saturated carbocycles. The van der Waals surface area contributed by atoms with E-state index in [9.17, 15) is 4.79 Å². The van der Waals surface area contributed by atoms with Crippen molar-refractivity contribution in [1.29, 1.82) is 0 Å². The monoisotopic (exact) mass is 216 g/mol. The van der Waals surface area contributed by atoms with Gasteiger partial charge in [-0.25, -0.2) is 0 Å². The van der Waals surface area contributed by atoms with E-state index in [1.54, 1.807) is 0 Å². The molecule has 1 aliphatic heterocycles. The quantitative estimate of drug-likeness (QED) is 0.667. The van der Waals surface area contributed by atoms with E-state index in [2.05, 4.69) is 10.1 Å². The molecule has 0 amide bonds. The lowest BCUT2D eigenvalue weighted by molar-refractivity contribution is -0.237. The number of nitrogens with zero attached hydrogens (tertiary/aromatic N) is 1. The fourth-order valence-corrected chi connectivity index (χ4v) is 1.49. The molecule has 1 aliphatic rings. The van der Waals surface area contributed by atoms with Gasteiger partial charge in [0.1, 0.15) is 6.04 Å². The molecule has 0 bridgehead atoms. The van der Waals surface area contributed by atoms with Crippen LogP contribution in [-0.2, 0) is 14.4 Å². The number of carbonyl (C=O) groups excluding carboxylic acids is 1. The molecule has 5 nitrogen and oxygen atoms in total. The van der Waals surface area contributed by atoms with Crippen LogP contribution in [0, 0.1) is 0 Å². The summed E-state index contributed by atoms with van der Waals surface area (Å²) < 4.78 is 4.68. The van der Waals surface area contributed by atoms with Crippen LogP contribution in [0.3, 0.4) is 0 Å². The number of hydrogen-bond donors (Lipinski definition) is 1. The molecular weight excluding hydrogens is 196 g/mol. The Labute approximate surface area is 90.7 Å². The van der Waals surface area contributed by atoms with Gasteiger partial charge in [0.25, 0.3) is 0 Å². The molecule has 0 unspecified atom stereocenters. The lowest BCUT2D eigenvalue weighted by atomic mass is 10.2. The molecule has 1 saturated heterocycles. The van der Waals surface area contributed by atoms with Crippen LogP contribution in [0.25, 0.3) is 0 Å². The fourth-order valence-electron chi connectivity index (χ4n) is 1.49. The van der Waals surface area contributed by atoms with Gasteiger partial charge in [-0.1, -0.05) is 0 Å². The van der Waals surface area contributed by atoms with Gasteiger partial charge in [0, 0.05) is 13.1 Å². The van der Waals surface area contributed by atoms with Crippen molar-refractivity contribution < 1.29 is 14.4 Å².